The van der Waals surface area contributed by atoms with Crippen LogP contribution in [0.25, 0.3) is 11.0 Å². The van der Waals surface area contributed by atoms with Gasteiger partial charge in [-0.25, -0.2) is 4.79 Å². The number of fused-ring (bicyclic) bond motifs is 1. The summed E-state index contributed by atoms with van der Waals surface area (Å²) in [7, 11) is 0. The van der Waals surface area contributed by atoms with E-state index in [1.165, 1.54) is 0 Å². The number of carboxylic acids is 1. The van der Waals surface area contributed by atoms with E-state index in [0.29, 0.717) is 21.6 Å². The lowest BCUT2D eigenvalue weighted by Crippen LogP contribution is -2.09. The van der Waals surface area contributed by atoms with Crippen molar-refractivity contribution < 1.29 is 19.7 Å². The Morgan fingerprint density at radius 3 is 2.68 bits per heavy atom. The number of H-pyrrole nitrogens is 1. The molecule has 6 nitrogen and oxygen atoms in total. The van der Waals surface area contributed by atoms with Gasteiger partial charge in [0.2, 0.25) is 0 Å². The summed E-state index contributed by atoms with van der Waals surface area (Å²) in [5.74, 6) is 4.91. The van der Waals surface area contributed by atoms with Crippen LogP contribution in [0, 0.1) is 11.8 Å². The Balaban J connectivity index is 1.87. The number of aliphatic hydroxyl groups excluding tert-OH is 1. The molecule has 3 N–H and O–H groups in total. The first-order valence-corrected chi connectivity index (χ1v) is 7.68. The van der Waals surface area contributed by atoms with Crippen molar-refractivity contribution in [1.82, 2.24) is 9.97 Å². The van der Waals surface area contributed by atoms with Crippen molar-refractivity contribution >= 4 is 28.6 Å². The average molecular weight is 357 g/mol. The lowest BCUT2D eigenvalue weighted by Gasteiger charge is -1.97. The monoisotopic (exact) mass is 356 g/mol. The van der Waals surface area contributed by atoms with Crippen LogP contribution in [-0.2, 0) is 11.4 Å². The second-order valence-corrected chi connectivity index (χ2v) is 5.59. The number of rotatable bonds is 4. The fourth-order valence-electron chi connectivity index (χ4n) is 2.14. The fourth-order valence-corrected chi connectivity index (χ4v) is 2.34. The molecule has 0 aliphatic rings. The largest absolute Gasteiger partial charge is 0.479 e. The number of aliphatic carboxylic acids is 1. The summed E-state index contributed by atoms with van der Waals surface area (Å²) in [5, 5.41) is 18.1. The number of hydrogen-bond donors (Lipinski definition) is 3. The molecule has 1 aromatic heterocycles. The summed E-state index contributed by atoms with van der Waals surface area (Å²) in [6.07, 6.45) is 0. The lowest BCUT2D eigenvalue weighted by atomic mass is 10.1. The molecule has 126 valence electrons. The number of imidazole rings is 1. The number of carboxylic acid groups (broad SMARTS) is 1. The molecular formula is C18H13ClN2O4. The molecule has 0 saturated heterocycles. The van der Waals surface area contributed by atoms with Crippen molar-refractivity contribution in [3.63, 3.8) is 0 Å². The molecule has 0 aliphatic heterocycles. The van der Waals surface area contributed by atoms with Gasteiger partial charge in [-0.1, -0.05) is 35.6 Å². The zero-order valence-corrected chi connectivity index (χ0v) is 13.7. The topological polar surface area (TPSA) is 95.4 Å². The molecular weight excluding hydrogens is 344 g/mol. The quantitative estimate of drug-likeness (QED) is 0.624. The van der Waals surface area contributed by atoms with E-state index in [0.717, 1.165) is 11.1 Å². The molecule has 0 amide bonds. The fraction of sp³-hybridized carbons (Fsp3) is 0.111. The van der Waals surface area contributed by atoms with E-state index in [-0.39, 0.29) is 12.6 Å². The second-order valence-electron chi connectivity index (χ2n) is 5.18. The summed E-state index contributed by atoms with van der Waals surface area (Å²) in [6.45, 7) is -0.494. The highest BCUT2D eigenvalue weighted by Crippen LogP contribution is 2.24. The minimum absolute atomic E-state index is 0.0116. The number of carbonyl (C=O) groups is 1. The van der Waals surface area contributed by atoms with Crippen molar-refractivity contribution in [1.29, 1.82) is 0 Å². The third-order valence-corrected chi connectivity index (χ3v) is 3.67. The van der Waals surface area contributed by atoms with Crippen molar-refractivity contribution in [3.05, 3.63) is 58.1 Å². The Morgan fingerprint density at radius 1 is 1.24 bits per heavy atom. The molecule has 7 heteroatoms. The number of aromatic nitrogens is 2. The van der Waals surface area contributed by atoms with Crippen molar-refractivity contribution in [2.45, 2.75) is 6.61 Å². The molecule has 0 unspecified atom stereocenters. The number of nitrogens with zero attached hydrogens (tertiary/aromatic N) is 1. The van der Waals surface area contributed by atoms with Crippen molar-refractivity contribution in [2.24, 2.45) is 0 Å². The van der Waals surface area contributed by atoms with Gasteiger partial charge in [-0.05, 0) is 29.8 Å². The van der Waals surface area contributed by atoms with Crippen molar-refractivity contribution in [2.75, 3.05) is 6.61 Å². The summed E-state index contributed by atoms with van der Waals surface area (Å²) < 4.78 is 5.02. The highest BCUT2D eigenvalue weighted by molar-refractivity contribution is 6.32. The Labute approximate surface area is 148 Å². The number of aliphatic hydroxyl groups is 1. The Bertz CT molecular complexity index is 984. The van der Waals surface area contributed by atoms with Gasteiger partial charge in [-0.2, -0.15) is 4.98 Å². The molecule has 1 heterocycles. The highest BCUT2D eigenvalue weighted by atomic mass is 35.5. The minimum Gasteiger partial charge on any atom is -0.479 e. The maximum Gasteiger partial charge on any atom is 0.341 e. The van der Waals surface area contributed by atoms with Gasteiger partial charge in [0.15, 0.2) is 6.61 Å². The van der Waals surface area contributed by atoms with Crippen LogP contribution in [0.15, 0.2) is 36.4 Å². The van der Waals surface area contributed by atoms with Crippen molar-refractivity contribution in [3.8, 4) is 17.9 Å². The summed E-state index contributed by atoms with van der Waals surface area (Å²) >= 11 is 6.23. The van der Waals surface area contributed by atoms with E-state index >= 15 is 0 Å². The number of aromatic amines is 1. The van der Waals surface area contributed by atoms with Crippen LogP contribution in [-0.4, -0.2) is 32.8 Å². The molecule has 25 heavy (non-hydrogen) atoms. The third-order valence-electron chi connectivity index (χ3n) is 3.36. The molecule has 3 rings (SSSR count). The van der Waals surface area contributed by atoms with Crippen LogP contribution in [0.5, 0.6) is 6.01 Å². The first-order valence-electron chi connectivity index (χ1n) is 7.31. The Kier molecular flexibility index (Phi) is 4.89. The van der Waals surface area contributed by atoms with Crippen LogP contribution in [0.1, 0.15) is 16.7 Å². The number of hydrogen-bond acceptors (Lipinski definition) is 4. The first-order chi connectivity index (χ1) is 12.0. The molecule has 0 fully saturated rings. The van der Waals surface area contributed by atoms with Crippen LogP contribution in [0.4, 0.5) is 0 Å². The average Bonchev–Trinajstić information content (AvgIpc) is 3.00. The van der Waals surface area contributed by atoms with E-state index in [1.54, 1.807) is 24.3 Å². The molecule has 0 spiro atoms. The van der Waals surface area contributed by atoms with Gasteiger partial charge in [0.05, 0.1) is 22.7 Å². The predicted octanol–water partition coefficient (Wildman–Crippen LogP) is 2.57. The third kappa shape index (κ3) is 4.10. The van der Waals surface area contributed by atoms with Crippen LogP contribution >= 0.6 is 11.6 Å². The normalized spacial score (nSPS) is 10.3. The van der Waals surface area contributed by atoms with Gasteiger partial charge in [-0.15, -0.1) is 0 Å². The molecule has 0 atom stereocenters. The summed E-state index contributed by atoms with van der Waals surface area (Å²) in [6, 6.07) is 10.7. The summed E-state index contributed by atoms with van der Waals surface area (Å²) in [4.78, 5) is 17.5. The standard InChI is InChI=1S/C18H13ClN2O4/c19-14-8-16-15(20-18(21-16)25-10-17(23)24)7-13(14)6-5-11-1-3-12(9-22)4-2-11/h1-4,7-8,22H,9-10H2,(H,20,21)(H,23,24). The zero-order chi connectivity index (χ0) is 17.8. The molecule has 3 aromatic rings. The number of halogens is 1. The van der Waals surface area contributed by atoms with Gasteiger partial charge < -0.3 is 19.9 Å². The predicted molar refractivity (Wildman–Crippen MR) is 92.6 cm³/mol. The smallest absolute Gasteiger partial charge is 0.341 e. The molecule has 2 aromatic carbocycles. The van der Waals surface area contributed by atoms with Gasteiger partial charge >= 0.3 is 5.97 Å². The zero-order valence-electron chi connectivity index (χ0n) is 12.9. The second kappa shape index (κ2) is 7.26. The van der Waals surface area contributed by atoms with Crippen LogP contribution < -0.4 is 4.74 Å². The van der Waals surface area contributed by atoms with Crippen LogP contribution in [0.3, 0.4) is 0 Å². The molecule has 0 saturated carbocycles. The molecule has 0 aliphatic carbocycles. The number of nitrogens with one attached hydrogen (secondary N) is 1. The number of benzene rings is 2. The van der Waals surface area contributed by atoms with E-state index in [4.69, 9.17) is 26.6 Å². The van der Waals surface area contributed by atoms with E-state index in [1.807, 2.05) is 12.1 Å². The molecule has 0 radical (unpaired) electrons. The lowest BCUT2D eigenvalue weighted by molar-refractivity contribution is -0.139. The van der Waals surface area contributed by atoms with E-state index in [9.17, 15) is 4.79 Å². The maximum absolute atomic E-state index is 10.5. The highest BCUT2D eigenvalue weighted by Gasteiger charge is 2.09. The van der Waals surface area contributed by atoms with E-state index in [2.05, 4.69) is 21.8 Å². The Hall–Kier alpha value is -3.01. The van der Waals surface area contributed by atoms with E-state index < -0.39 is 12.6 Å². The van der Waals surface area contributed by atoms with Gasteiger partial charge in [0.25, 0.3) is 6.01 Å². The minimum atomic E-state index is -1.09. The van der Waals surface area contributed by atoms with Crippen LogP contribution in [0.2, 0.25) is 5.02 Å². The maximum atomic E-state index is 10.5. The van der Waals surface area contributed by atoms with Gasteiger partial charge in [0, 0.05) is 11.1 Å². The summed E-state index contributed by atoms with van der Waals surface area (Å²) in [5.41, 5.74) is 3.42. The number of ether oxygens (including phenoxy) is 1. The van der Waals surface area contributed by atoms with Gasteiger partial charge in [-0.3, -0.25) is 0 Å². The molecule has 0 bridgehead atoms. The Morgan fingerprint density at radius 2 is 2.00 bits per heavy atom. The first kappa shape index (κ1) is 16.8. The van der Waals surface area contributed by atoms with Gasteiger partial charge in [0.1, 0.15) is 0 Å². The SMILES string of the molecule is O=C(O)COc1nc2cc(Cl)c(C#Cc3ccc(CO)cc3)cc2[nH]1.